The Bertz CT molecular complexity index is 1800. The predicted molar refractivity (Wildman–Crippen MR) is 242 cm³/mol. The van der Waals surface area contributed by atoms with Gasteiger partial charge in [-0.1, -0.05) is 63.2 Å². The zero-order valence-electron chi connectivity index (χ0n) is 37.4. The molecule has 330 valence electrons. The molecule has 2 aliphatic heterocycles. The molecule has 1 amide bonds. The third-order valence-electron chi connectivity index (χ3n) is 11.9. The summed E-state index contributed by atoms with van der Waals surface area (Å²) in [6.07, 6.45) is 2.98. The van der Waals surface area contributed by atoms with E-state index in [-0.39, 0.29) is 36.0 Å². The molecule has 2 aromatic carbocycles. The minimum Gasteiger partial charge on any atom is -0.488 e. The summed E-state index contributed by atoms with van der Waals surface area (Å²) in [6.45, 7) is 24.8. The molecule has 1 unspecified atom stereocenters. The van der Waals surface area contributed by atoms with Gasteiger partial charge in [0.25, 0.3) is 0 Å². The highest BCUT2D eigenvalue weighted by molar-refractivity contribution is 8.05. The van der Waals surface area contributed by atoms with Crippen LogP contribution in [0, 0.1) is 19.3 Å². The van der Waals surface area contributed by atoms with Crippen LogP contribution in [0.5, 0.6) is 0 Å². The Balaban J connectivity index is 1.08. The van der Waals surface area contributed by atoms with Gasteiger partial charge in [-0.25, -0.2) is 4.79 Å². The molecular weight excluding hydrogens is 777 g/mol. The molecular formula is C48H70N4O7S. The summed E-state index contributed by atoms with van der Waals surface area (Å²) in [7, 11) is 0. The summed E-state index contributed by atoms with van der Waals surface area (Å²) in [4.78, 5) is 31.0. The van der Waals surface area contributed by atoms with Crippen LogP contribution in [-0.4, -0.2) is 112 Å². The quantitative estimate of drug-likeness (QED) is 0.101. The van der Waals surface area contributed by atoms with Crippen LogP contribution >= 0.6 is 11.8 Å². The maximum Gasteiger partial charge on any atom is 0.343 e. The van der Waals surface area contributed by atoms with Gasteiger partial charge in [-0.15, -0.1) is 11.8 Å². The molecule has 11 nitrogen and oxygen atoms in total. The van der Waals surface area contributed by atoms with Crippen LogP contribution in [-0.2, 0) is 39.9 Å². The van der Waals surface area contributed by atoms with Crippen molar-refractivity contribution in [2.24, 2.45) is 11.1 Å². The number of nitrogens with zero attached hydrogens (tertiary/aromatic N) is 2. The molecule has 0 bridgehead atoms. The van der Waals surface area contributed by atoms with Gasteiger partial charge in [0, 0.05) is 51.0 Å². The van der Waals surface area contributed by atoms with Gasteiger partial charge in [0.05, 0.1) is 32.5 Å². The highest BCUT2D eigenvalue weighted by Gasteiger charge is 2.52. The third-order valence-corrected chi connectivity index (χ3v) is 12.9. The largest absolute Gasteiger partial charge is 0.488 e. The van der Waals surface area contributed by atoms with Crippen LogP contribution in [0.1, 0.15) is 95.0 Å². The van der Waals surface area contributed by atoms with Crippen LogP contribution in [0.15, 0.2) is 64.7 Å². The Kier molecular flexibility index (Phi) is 17.7. The third kappa shape index (κ3) is 13.7. The highest BCUT2D eigenvalue weighted by atomic mass is 32.2. The van der Waals surface area contributed by atoms with Crippen LogP contribution in [0.4, 0.5) is 0 Å². The van der Waals surface area contributed by atoms with Crippen molar-refractivity contribution in [2.75, 3.05) is 72.3 Å². The van der Waals surface area contributed by atoms with Gasteiger partial charge >= 0.3 is 5.97 Å². The molecule has 1 saturated carbocycles. The predicted octanol–water partition coefficient (Wildman–Crippen LogP) is 7.60. The van der Waals surface area contributed by atoms with E-state index < -0.39 is 5.60 Å². The van der Waals surface area contributed by atoms with E-state index in [1.54, 1.807) is 11.8 Å². The number of ether oxygens (including phenoxy) is 5. The molecule has 1 saturated heterocycles. The van der Waals surface area contributed by atoms with Crippen molar-refractivity contribution in [1.82, 2.24) is 15.1 Å². The van der Waals surface area contributed by atoms with Crippen molar-refractivity contribution in [3.05, 3.63) is 92.6 Å². The van der Waals surface area contributed by atoms with Crippen LogP contribution in [0.25, 0.3) is 11.1 Å². The fraction of sp³-hybridized carbons (Fsp3) is 0.583. The van der Waals surface area contributed by atoms with Gasteiger partial charge in [0.2, 0.25) is 5.91 Å². The summed E-state index contributed by atoms with van der Waals surface area (Å²) in [6, 6.07) is 14.5. The lowest BCUT2D eigenvalue weighted by Gasteiger charge is -2.38. The van der Waals surface area contributed by atoms with Crippen LogP contribution < -0.4 is 11.1 Å². The minimum atomic E-state index is -0.814. The molecule has 1 atom stereocenters. The highest BCUT2D eigenvalue weighted by Crippen LogP contribution is 2.49. The second kappa shape index (κ2) is 22.4. The summed E-state index contributed by atoms with van der Waals surface area (Å²) in [5.74, 6) is 0.247. The molecule has 2 fully saturated rings. The Morgan fingerprint density at radius 2 is 1.57 bits per heavy atom. The Morgan fingerprint density at radius 1 is 0.950 bits per heavy atom. The zero-order chi connectivity index (χ0) is 43.3. The van der Waals surface area contributed by atoms with E-state index in [9.17, 15) is 9.59 Å². The maximum absolute atomic E-state index is 14.0. The van der Waals surface area contributed by atoms with Crippen molar-refractivity contribution in [3.63, 3.8) is 0 Å². The van der Waals surface area contributed by atoms with E-state index in [4.69, 9.17) is 29.4 Å². The fourth-order valence-electron chi connectivity index (χ4n) is 7.86. The first-order chi connectivity index (χ1) is 28.6. The smallest absolute Gasteiger partial charge is 0.343 e. The SMILES string of the molecule is C/C(N)=C/S/C=C(\C)c1cc(C)c(C2=C(OCc3ccccc3)[C@]3(CC[C@H](OCCN4CCN(CCOCCOCC(=O)NC(C)C(C)(C)C)CC4)CC3)OC2=O)c(C)c1. The Hall–Kier alpha value is -3.65. The van der Waals surface area contributed by atoms with Gasteiger partial charge in [0.1, 0.15) is 18.8 Å². The standard InChI is InChI=1S/C48H70N4O7S/c1-34-28-40(36(3)32-60-33-37(4)49)29-35(2)43(34)44-45(58-30-39-12-10-9-11-13-39)48(59-46(44)54)16-14-41(15-17-48)57-25-23-52-20-18-51(19-21-52)22-24-55-26-27-56-31-42(53)50-38(5)47(6,7)8/h9-13,28-29,32-33,38,41H,14-27,30-31,49H2,1-8H3,(H,50,53)/b36-32+,37-33-/t38?,41-,48+. The van der Waals surface area contributed by atoms with Crippen LogP contribution in [0.3, 0.4) is 0 Å². The summed E-state index contributed by atoms with van der Waals surface area (Å²) in [5, 5.41) is 7.01. The maximum atomic E-state index is 14.0. The number of hydrogen-bond donors (Lipinski definition) is 2. The van der Waals surface area contributed by atoms with E-state index in [0.717, 1.165) is 91.2 Å². The topological polar surface area (TPSA) is 125 Å². The lowest BCUT2D eigenvalue weighted by Crippen LogP contribution is -2.48. The number of benzene rings is 2. The van der Waals surface area contributed by atoms with Crippen molar-refractivity contribution >= 4 is 34.8 Å². The fourth-order valence-corrected chi connectivity index (χ4v) is 8.48. The lowest BCUT2D eigenvalue weighted by atomic mass is 9.80. The molecule has 0 radical (unpaired) electrons. The number of piperazine rings is 1. The first-order valence-corrected chi connectivity index (χ1v) is 22.6. The average Bonchev–Trinajstić information content (AvgIpc) is 3.46. The molecule has 2 aromatic rings. The number of rotatable bonds is 20. The molecule has 2 heterocycles. The number of hydrogen-bond acceptors (Lipinski definition) is 11. The molecule has 0 aromatic heterocycles. The minimum absolute atomic E-state index is 0.0102. The van der Waals surface area contributed by atoms with E-state index in [1.807, 2.05) is 49.6 Å². The van der Waals surface area contributed by atoms with Crippen molar-refractivity contribution in [1.29, 1.82) is 0 Å². The number of thioether (sulfide) groups is 1. The summed E-state index contributed by atoms with van der Waals surface area (Å²) >= 11 is 1.56. The van der Waals surface area contributed by atoms with Crippen molar-refractivity contribution in [2.45, 2.75) is 105 Å². The number of carbonyl (C=O) groups is 2. The van der Waals surface area contributed by atoms with E-state index in [0.29, 0.717) is 57.2 Å². The van der Waals surface area contributed by atoms with E-state index in [2.05, 4.69) is 74.2 Å². The van der Waals surface area contributed by atoms with E-state index >= 15 is 0 Å². The normalized spacial score (nSPS) is 21.4. The molecule has 12 heteroatoms. The monoisotopic (exact) mass is 846 g/mol. The number of esters is 1. The van der Waals surface area contributed by atoms with Crippen molar-refractivity contribution < 1.29 is 33.3 Å². The molecule has 1 aliphatic carbocycles. The summed E-state index contributed by atoms with van der Waals surface area (Å²) in [5.41, 5.74) is 12.5. The zero-order valence-corrected chi connectivity index (χ0v) is 38.2. The summed E-state index contributed by atoms with van der Waals surface area (Å²) < 4.78 is 30.8. The van der Waals surface area contributed by atoms with Gasteiger partial charge in [-0.05, 0) is 110 Å². The van der Waals surface area contributed by atoms with Crippen molar-refractivity contribution in [3.8, 4) is 0 Å². The molecule has 60 heavy (non-hydrogen) atoms. The van der Waals surface area contributed by atoms with Gasteiger partial charge in [0.15, 0.2) is 11.4 Å². The molecule has 1 spiro atoms. The van der Waals surface area contributed by atoms with Gasteiger partial charge < -0.3 is 34.7 Å². The molecule has 3 N–H and O–H groups in total. The number of allylic oxidation sites excluding steroid dienone is 2. The first kappa shape index (κ1) is 47.4. The number of nitrogens with two attached hydrogens (primary N) is 1. The number of nitrogens with one attached hydrogen (secondary N) is 1. The second-order valence-corrected chi connectivity index (χ2v) is 18.5. The van der Waals surface area contributed by atoms with Gasteiger partial charge in [-0.2, -0.15) is 0 Å². The van der Waals surface area contributed by atoms with Crippen LogP contribution in [0.2, 0.25) is 0 Å². The van der Waals surface area contributed by atoms with Gasteiger partial charge in [-0.3, -0.25) is 14.6 Å². The first-order valence-electron chi connectivity index (χ1n) is 21.7. The Morgan fingerprint density at radius 3 is 2.18 bits per heavy atom. The number of aryl methyl sites for hydroxylation is 2. The number of carbonyl (C=O) groups excluding carboxylic acids is 2. The molecule has 5 rings (SSSR count). The second-order valence-electron chi connectivity index (χ2n) is 17.7. The van der Waals surface area contributed by atoms with E-state index in [1.165, 1.54) is 0 Å². The average molecular weight is 847 g/mol. The molecule has 3 aliphatic rings. The Labute approximate surface area is 363 Å². The lowest BCUT2D eigenvalue weighted by molar-refractivity contribution is -0.153. The number of amides is 1.